The average molecular weight is 499 g/mol. The maximum Gasteiger partial charge on any atom is 0.262 e. The molecule has 4 rings (SSSR count). The van der Waals surface area contributed by atoms with Gasteiger partial charge >= 0.3 is 0 Å². The largest absolute Gasteiger partial charge is 0.489 e. The van der Waals surface area contributed by atoms with Crippen LogP contribution in [-0.2, 0) is 22.7 Å². The lowest BCUT2D eigenvalue weighted by Gasteiger charge is -2.34. The van der Waals surface area contributed by atoms with E-state index in [1.807, 2.05) is 60.7 Å². The smallest absolute Gasteiger partial charge is 0.262 e. The normalized spacial score (nSPS) is 14.4. The van der Waals surface area contributed by atoms with E-state index in [2.05, 4.69) is 44.9 Å². The first-order valence-electron chi connectivity index (χ1n) is 12.7. The summed E-state index contributed by atoms with van der Waals surface area (Å²) in [5.74, 6) is 0.177. The van der Waals surface area contributed by atoms with Gasteiger partial charge in [-0.1, -0.05) is 72.8 Å². The summed E-state index contributed by atoms with van der Waals surface area (Å²) in [6, 6.07) is 27.9. The lowest BCUT2D eigenvalue weighted by atomic mass is 10.2. The van der Waals surface area contributed by atoms with Crippen LogP contribution in [0.5, 0.6) is 5.75 Å². The molecule has 0 unspecified atom stereocenters. The first-order chi connectivity index (χ1) is 18.1. The van der Waals surface area contributed by atoms with Crippen molar-refractivity contribution in [2.75, 3.05) is 32.7 Å². The molecular weight excluding hydrogens is 464 g/mol. The number of amides is 2. The van der Waals surface area contributed by atoms with E-state index < -0.39 is 0 Å². The molecule has 1 aliphatic heterocycles. The minimum atomic E-state index is -0.382. The highest BCUT2D eigenvalue weighted by atomic mass is 16.5. The Morgan fingerprint density at radius 1 is 0.757 bits per heavy atom. The van der Waals surface area contributed by atoms with Crippen molar-refractivity contribution in [2.45, 2.75) is 19.6 Å². The molecule has 37 heavy (non-hydrogen) atoms. The zero-order valence-corrected chi connectivity index (χ0v) is 21.0. The van der Waals surface area contributed by atoms with Gasteiger partial charge in [-0.2, -0.15) is 0 Å². The zero-order valence-electron chi connectivity index (χ0n) is 21.0. The molecule has 0 spiro atoms. The van der Waals surface area contributed by atoms with E-state index in [1.54, 1.807) is 6.08 Å². The summed E-state index contributed by atoms with van der Waals surface area (Å²) in [5.41, 5.74) is 8.23. The molecule has 0 atom stereocenters. The molecule has 1 aliphatic rings. The first kappa shape index (κ1) is 26.1. The van der Waals surface area contributed by atoms with Crippen LogP contribution in [-0.4, -0.2) is 54.3 Å². The summed E-state index contributed by atoms with van der Waals surface area (Å²) < 4.78 is 5.78. The Kier molecular flexibility index (Phi) is 9.86. The highest BCUT2D eigenvalue weighted by Gasteiger charge is 2.17. The number of carbonyl (C=O) groups is 2. The maximum atomic E-state index is 12.2. The third-order valence-corrected chi connectivity index (χ3v) is 6.25. The monoisotopic (exact) mass is 498 g/mol. The number of benzene rings is 3. The summed E-state index contributed by atoms with van der Waals surface area (Å²) in [7, 11) is 0. The summed E-state index contributed by atoms with van der Waals surface area (Å²) in [6.07, 6.45) is 3.43. The first-order valence-corrected chi connectivity index (χ1v) is 12.7. The molecule has 7 heteroatoms. The van der Waals surface area contributed by atoms with Gasteiger partial charge in [0.1, 0.15) is 12.4 Å². The summed E-state index contributed by atoms with van der Waals surface area (Å²) in [5, 5.41) is 0. The third-order valence-electron chi connectivity index (χ3n) is 6.25. The lowest BCUT2D eigenvalue weighted by molar-refractivity contribution is -0.127. The SMILES string of the molecule is O=C(C=Cc1ccc(OCc2ccccc2)cc1)NNC(=O)CCN1CCN(Cc2ccccc2)CC1. The Morgan fingerprint density at radius 3 is 2.05 bits per heavy atom. The Morgan fingerprint density at radius 2 is 1.38 bits per heavy atom. The van der Waals surface area contributed by atoms with Crippen LogP contribution in [0, 0.1) is 0 Å². The minimum absolute atomic E-state index is 0.201. The van der Waals surface area contributed by atoms with Crippen LogP contribution in [0.25, 0.3) is 6.08 Å². The van der Waals surface area contributed by atoms with Crippen LogP contribution in [0.1, 0.15) is 23.1 Å². The molecule has 1 fully saturated rings. The second-order valence-corrected chi connectivity index (χ2v) is 9.07. The van der Waals surface area contributed by atoms with E-state index in [-0.39, 0.29) is 11.8 Å². The number of hydrogen-bond acceptors (Lipinski definition) is 5. The Labute approximate surface area is 218 Å². The van der Waals surface area contributed by atoms with Gasteiger partial charge in [0.25, 0.3) is 5.91 Å². The van der Waals surface area contributed by atoms with Crippen LogP contribution in [0.3, 0.4) is 0 Å². The Hall–Kier alpha value is -3.94. The second-order valence-electron chi connectivity index (χ2n) is 9.07. The third kappa shape index (κ3) is 9.22. The number of carbonyl (C=O) groups excluding carboxylic acids is 2. The van der Waals surface area contributed by atoms with Gasteiger partial charge in [0, 0.05) is 51.8 Å². The zero-order chi connectivity index (χ0) is 25.7. The van der Waals surface area contributed by atoms with Crippen LogP contribution >= 0.6 is 0 Å². The molecule has 0 saturated carbocycles. The van der Waals surface area contributed by atoms with Crippen LogP contribution in [0.4, 0.5) is 0 Å². The van der Waals surface area contributed by atoms with Crippen LogP contribution < -0.4 is 15.6 Å². The quantitative estimate of drug-likeness (QED) is 0.330. The second kappa shape index (κ2) is 14.0. The van der Waals surface area contributed by atoms with Crippen molar-refractivity contribution in [1.82, 2.24) is 20.7 Å². The molecule has 2 N–H and O–H groups in total. The number of rotatable bonds is 10. The Bertz CT molecular complexity index is 1140. The summed E-state index contributed by atoms with van der Waals surface area (Å²) in [6.45, 7) is 5.98. The van der Waals surface area contributed by atoms with E-state index in [1.165, 1.54) is 11.6 Å². The minimum Gasteiger partial charge on any atom is -0.489 e. The molecule has 0 radical (unpaired) electrons. The molecule has 192 valence electrons. The van der Waals surface area contributed by atoms with E-state index in [0.29, 0.717) is 19.6 Å². The van der Waals surface area contributed by atoms with Crippen LogP contribution in [0.2, 0.25) is 0 Å². The van der Waals surface area contributed by atoms with Crippen molar-refractivity contribution < 1.29 is 14.3 Å². The fourth-order valence-electron chi connectivity index (χ4n) is 4.10. The lowest BCUT2D eigenvalue weighted by Crippen LogP contribution is -2.47. The number of nitrogens with one attached hydrogen (secondary N) is 2. The van der Waals surface area contributed by atoms with Crippen LogP contribution in [0.15, 0.2) is 91.0 Å². The molecule has 1 heterocycles. The Balaban J connectivity index is 1.09. The van der Waals surface area contributed by atoms with E-state index >= 15 is 0 Å². The summed E-state index contributed by atoms with van der Waals surface area (Å²) >= 11 is 0. The van der Waals surface area contributed by atoms with Gasteiger partial charge < -0.3 is 9.64 Å². The van der Waals surface area contributed by atoms with Crippen molar-refractivity contribution in [3.8, 4) is 5.75 Å². The standard InChI is InChI=1S/C30H34N4O3/c35-29(16-13-25-11-14-28(15-12-25)37-24-27-9-5-2-6-10-27)31-32-30(36)17-18-33-19-21-34(22-20-33)23-26-7-3-1-4-8-26/h1-16H,17-24H2,(H,31,35)(H,32,36). The van der Waals surface area contributed by atoms with Gasteiger partial charge in [0.15, 0.2) is 0 Å². The molecule has 2 amide bonds. The van der Waals surface area contributed by atoms with E-state index in [0.717, 1.165) is 49.6 Å². The van der Waals surface area contributed by atoms with Gasteiger partial charge in [-0.15, -0.1) is 0 Å². The fourth-order valence-corrected chi connectivity index (χ4v) is 4.10. The van der Waals surface area contributed by atoms with E-state index in [9.17, 15) is 9.59 Å². The van der Waals surface area contributed by atoms with Gasteiger partial charge in [0.2, 0.25) is 5.91 Å². The summed E-state index contributed by atoms with van der Waals surface area (Å²) in [4.78, 5) is 29.0. The predicted octanol–water partition coefficient (Wildman–Crippen LogP) is 3.63. The molecule has 0 aliphatic carbocycles. The number of ether oxygens (including phenoxy) is 1. The topological polar surface area (TPSA) is 73.9 Å². The number of piperazine rings is 1. The van der Waals surface area contributed by atoms with Gasteiger partial charge in [0.05, 0.1) is 0 Å². The molecule has 3 aromatic rings. The van der Waals surface area contributed by atoms with Gasteiger partial charge in [-0.25, -0.2) is 0 Å². The maximum absolute atomic E-state index is 12.2. The highest BCUT2D eigenvalue weighted by molar-refractivity contribution is 5.93. The molecule has 1 saturated heterocycles. The number of hydrogen-bond donors (Lipinski definition) is 2. The molecule has 3 aromatic carbocycles. The average Bonchev–Trinajstić information content (AvgIpc) is 2.95. The molecule has 7 nitrogen and oxygen atoms in total. The van der Waals surface area contributed by atoms with Crippen molar-refractivity contribution in [1.29, 1.82) is 0 Å². The van der Waals surface area contributed by atoms with Crippen molar-refractivity contribution in [2.24, 2.45) is 0 Å². The number of hydrazine groups is 1. The highest BCUT2D eigenvalue weighted by Crippen LogP contribution is 2.15. The number of nitrogens with zero attached hydrogens (tertiary/aromatic N) is 2. The fraction of sp³-hybridized carbons (Fsp3) is 0.267. The van der Waals surface area contributed by atoms with Crippen molar-refractivity contribution in [3.63, 3.8) is 0 Å². The van der Waals surface area contributed by atoms with Crippen molar-refractivity contribution >= 4 is 17.9 Å². The molecular formula is C30H34N4O3. The van der Waals surface area contributed by atoms with Gasteiger partial charge in [-0.3, -0.25) is 25.3 Å². The van der Waals surface area contributed by atoms with Crippen molar-refractivity contribution in [3.05, 3.63) is 108 Å². The molecule has 0 aromatic heterocycles. The van der Waals surface area contributed by atoms with Gasteiger partial charge in [-0.05, 0) is 34.9 Å². The predicted molar refractivity (Wildman–Crippen MR) is 145 cm³/mol. The van der Waals surface area contributed by atoms with E-state index in [4.69, 9.17) is 4.74 Å². The molecule has 0 bridgehead atoms.